The highest BCUT2D eigenvalue weighted by atomic mass is 15.1. The van der Waals surface area contributed by atoms with Gasteiger partial charge in [-0.25, -0.2) is 0 Å². The van der Waals surface area contributed by atoms with E-state index in [1.807, 2.05) is 0 Å². The van der Waals surface area contributed by atoms with Crippen LogP contribution >= 0.6 is 0 Å². The number of fused-ring (bicyclic) bond motifs is 4. The predicted molar refractivity (Wildman–Crippen MR) is 239 cm³/mol. The van der Waals surface area contributed by atoms with E-state index < -0.39 is 5.41 Å². The summed E-state index contributed by atoms with van der Waals surface area (Å²) in [6.45, 7) is 13.7. The van der Waals surface area contributed by atoms with E-state index in [2.05, 4.69) is 234 Å². The fraction of sp³-hybridized carbons (Fsp3) is 0.164. The number of benzene rings is 8. The molecule has 0 saturated heterocycles. The highest BCUT2D eigenvalue weighted by molar-refractivity contribution is 6.01. The van der Waals surface area contributed by atoms with Crippen LogP contribution in [0, 0.1) is 0 Å². The SMILES string of the molecule is CC(C)(C)c1ccc(N(c2ccc(C(C)(C)C)cc2)c2cccc(-c3cccc4c3-c3cc5ccccc5cc3C4(c3ccccc3)c3ccccc3)c2)cc1. The molecule has 0 atom stereocenters. The largest absolute Gasteiger partial charge is 0.310 e. The van der Waals surface area contributed by atoms with Gasteiger partial charge in [0.05, 0.1) is 5.41 Å². The van der Waals surface area contributed by atoms with Gasteiger partial charge in [0.1, 0.15) is 0 Å². The average molecular weight is 724 g/mol. The summed E-state index contributed by atoms with van der Waals surface area (Å²) in [5.41, 5.74) is 15.9. The zero-order valence-corrected chi connectivity index (χ0v) is 33.3. The van der Waals surface area contributed by atoms with E-state index in [1.54, 1.807) is 0 Å². The second-order valence-electron chi connectivity index (χ2n) is 17.4. The predicted octanol–water partition coefficient (Wildman–Crippen LogP) is 14.9. The van der Waals surface area contributed by atoms with Crippen LogP contribution in [0.1, 0.15) is 74.9 Å². The molecule has 1 heteroatoms. The van der Waals surface area contributed by atoms with Crippen molar-refractivity contribution in [3.8, 4) is 22.3 Å². The Kier molecular flexibility index (Phi) is 8.58. The third-order valence-corrected chi connectivity index (χ3v) is 11.8. The van der Waals surface area contributed by atoms with E-state index in [0.717, 1.165) is 17.1 Å². The van der Waals surface area contributed by atoms with E-state index in [-0.39, 0.29) is 10.8 Å². The van der Waals surface area contributed by atoms with Crippen molar-refractivity contribution in [3.63, 3.8) is 0 Å². The van der Waals surface area contributed by atoms with Crippen molar-refractivity contribution in [3.05, 3.63) is 221 Å². The molecule has 9 rings (SSSR count). The third kappa shape index (κ3) is 5.94. The second-order valence-corrected chi connectivity index (χ2v) is 17.4. The van der Waals surface area contributed by atoms with Crippen LogP contribution in [0.4, 0.5) is 17.1 Å². The fourth-order valence-electron chi connectivity index (χ4n) is 8.94. The maximum Gasteiger partial charge on any atom is 0.0714 e. The van der Waals surface area contributed by atoms with Crippen LogP contribution in [-0.4, -0.2) is 0 Å². The van der Waals surface area contributed by atoms with E-state index >= 15 is 0 Å². The average Bonchev–Trinajstić information content (AvgIpc) is 3.50. The highest BCUT2D eigenvalue weighted by Crippen LogP contribution is 2.59. The van der Waals surface area contributed by atoms with Gasteiger partial charge in [-0.05, 0) is 126 Å². The lowest BCUT2D eigenvalue weighted by Gasteiger charge is -2.34. The molecule has 1 nitrogen and oxygen atoms in total. The summed E-state index contributed by atoms with van der Waals surface area (Å²) in [7, 11) is 0. The summed E-state index contributed by atoms with van der Waals surface area (Å²) in [5, 5.41) is 2.51. The number of hydrogen-bond donors (Lipinski definition) is 0. The summed E-state index contributed by atoms with van der Waals surface area (Å²) < 4.78 is 0. The molecule has 0 amide bonds. The molecule has 274 valence electrons. The number of hydrogen-bond acceptors (Lipinski definition) is 1. The Morgan fingerprint density at radius 1 is 0.375 bits per heavy atom. The normalized spacial score (nSPS) is 13.3. The van der Waals surface area contributed by atoms with E-state index in [1.165, 1.54) is 66.4 Å². The van der Waals surface area contributed by atoms with Gasteiger partial charge in [0.15, 0.2) is 0 Å². The smallest absolute Gasteiger partial charge is 0.0714 e. The Morgan fingerprint density at radius 3 is 1.41 bits per heavy atom. The van der Waals surface area contributed by atoms with Crippen LogP contribution in [-0.2, 0) is 16.2 Å². The van der Waals surface area contributed by atoms with Gasteiger partial charge < -0.3 is 4.90 Å². The maximum absolute atomic E-state index is 2.45. The third-order valence-electron chi connectivity index (χ3n) is 11.8. The Hall–Kier alpha value is -6.18. The molecule has 56 heavy (non-hydrogen) atoms. The minimum atomic E-state index is -0.486. The van der Waals surface area contributed by atoms with Crippen molar-refractivity contribution in [1.82, 2.24) is 0 Å². The quantitative estimate of drug-likeness (QED) is 0.165. The minimum absolute atomic E-state index is 0.0711. The maximum atomic E-state index is 2.45. The Bertz CT molecular complexity index is 2580. The topological polar surface area (TPSA) is 3.24 Å². The van der Waals surface area contributed by atoms with Crippen molar-refractivity contribution >= 4 is 27.8 Å². The summed E-state index contributed by atoms with van der Waals surface area (Å²) >= 11 is 0. The highest BCUT2D eigenvalue weighted by Gasteiger charge is 2.47. The molecule has 0 unspecified atom stereocenters. The van der Waals surface area contributed by atoms with Gasteiger partial charge in [0, 0.05) is 17.1 Å². The van der Waals surface area contributed by atoms with Crippen molar-refractivity contribution in [2.75, 3.05) is 4.90 Å². The summed E-state index contributed by atoms with van der Waals surface area (Å²) in [6.07, 6.45) is 0. The van der Waals surface area contributed by atoms with Gasteiger partial charge in [-0.2, -0.15) is 0 Å². The molecular formula is C55H49N. The molecule has 0 aromatic heterocycles. The molecule has 8 aromatic carbocycles. The molecule has 0 radical (unpaired) electrons. The molecule has 0 aliphatic heterocycles. The Balaban J connectivity index is 1.28. The molecule has 1 aliphatic carbocycles. The van der Waals surface area contributed by atoms with Crippen molar-refractivity contribution in [1.29, 1.82) is 0 Å². The lowest BCUT2D eigenvalue weighted by atomic mass is 9.67. The van der Waals surface area contributed by atoms with Crippen molar-refractivity contribution < 1.29 is 0 Å². The molecule has 0 fully saturated rings. The lowest BCUT2D eigenvalue weighted by Crippen LogP contribution is -2.28. The first-order valence-corrected chi connectivity index (χ1v) is 19.9. The summed E-state index contributed by atoms with van der Waals surface area (Å²) in [5.74, 6) is 0. The van der Waals surface area contributed by atoms with Gasteiger partial charge in [-0.15, -0.1) is 0 Å². The first kappa shape index (κ1) is 35.5. The standard InChI is InChI=1S/C55H49N/c1-53(2,3)41-27-31-45(32-28-41)56(46-33-29-42(30-34-46)54(4,5)6)47-24-15-19-40(35-47)48-25-16-26-50-52(48)49-36-38-17-13-14-18-39(38)37-51(49)55(50,43-20-9-7-10-21-43)44-22-11-8-12-23-44/h7-37H,1-6H3. The zero-order chi connectivity index (χ0) is 38.7. The van der Waals surface area contributed by atoms with Crippen LogP contribution in [0.15, 0.2) is 188 Å². The number of rotatable bonds is 6. The monoisotopic (exact) mass is 723 g/mol. The Labute approximate surface area is 332 Å². The van der Waals surface area contributed by atoms with Crippen LogP contribution in [0.2, 0.25) is 0 Å². The molecule has 0 spiro atoms. The molecule has 0 N–H and O–H groups in total. The number of nitrogens with zero attached hydrogens (tertiary/aromatic N) is 1. The van der Waals surface area contributed by atoms with Gasteiger partial charge in [0.25, 0.3) is 0 Å². The van der Waals surface area contributed by atoms with Crippen LogP contribution in [0.5, 0.6) is 0 Å². The minimum Gasteiger partial charge on any atom is -0.310 e. The molecule has 1 aliphatic rings. The second kappa shape index (κ2) is 13.5. The first-order chi connectivity index (χ1) is 27.0. The molecular weight excluding hydrogens is 675 g/mol. The van der Waals surface area contributed by atoms with E-state index in [0.29, 0.717) is 0 Å². The molecule has 0 heterocycles. The Morgan fingerprint density at radius 2 is 0.875 bits per heavy atom. The lowest BCUT2D eigenvalue weighted by molar-refractivity contribution is 0.590. The fourth-order valence-corrected chi connectivity index (χ4v) is 8.94. The van der Waals surface area contributed by atoms with Crippen LogP contribution in [0.3, 0.4) is 0 Å². The van der Waals surface area contributed by atoms with Crippen LogP contribution < -0.4 is 4.90 Å². The molecule has 0 bridgehead atoms. The van der Waals surface area contributed by atoms with Crippen molar-refractivity contribution in [2.24, 2.45) is 0 Å². The van der Waals surface area contributed by atoms with Gasteiger partial charge in [-0.1, -0.05) is 181 Å². The molecule has 8 aromatic rings. The first-order valence-electron chi connectivity index (χ1n) is 19.9. The van der Waals surface area contributed by atoms with Gasteiger partial charge >= 0.3 is 0 Å². The van der Waals surface area contributed by atoms with Gasteiger partial charge in [-0.3, -0.25) is 0 Å². The summed E-state index contributed by atoms with van der Waals surface area (Å²) in [4.78, 5) is 2.41. The summed E-state index contributed by atoms with van der Waals surface area (Å²) in [6, 6.07) is 70.3. The molecule has 0 saturated carbocycles. The van der Waals surface area contributed by atoms with Gasteiger partial charge in [0.2, 0.25) is 0 Å². The zero-order valence-electron chi connectivity index (χ0n) is 33.3. The van der Waals surface area contributed by atoms with E-state index in [4.69, 9.17) is 0 Å². The van der Waals surface area contributed by atoms with Crippen LogP contribution in [0.25, 0.3) is 33.0 Å². The van der Waals surface area contributed by atoms with E-state index in [9.17, 15) is 0 Å². The van der Waals surface area contributed by atoms with Crippen molar-refractivity contribution in [2.45, 2.75) is 57.8 Å². The number of anilines is 3.